The lowest BCUT2D eigenvalue weighted by Gasteiger charge is -2.61. The van der Waals surface area contributed by atoms with Gasteiger partial charge >= 0.3 is 0 Å². The van der Waals surface area contributed by atoms with Crippen molar-refractivity contribution in [3.8, 4) is 12.8 Å². The van der Waals surface area contributed by atoms with Crippen molar-refractivity contribution in [3.63, 3.8) is 0 Å². The van der Waals surface area contributed by atoms with Crippen LogP contribution in [-0.2, 0) is 0 Å². The van der Waals surface area contributed by atoms with E-state index >= 15 is 0 Å². The molecule has 1 spiro atoms. The van der Waals surface area contributed by atoms with Crippen molar-refractivity contribution in [3.05, 3.63) is 12.2 Å². The van der Waals surface area contributed by atoms with Crippen molar-refractivity contribution >= 4 is 0 Å². The maximum Gasteiger partial charge on any atom is -0.00588 e. The van der Waals surface area contributed by atoms with Crippen molar-refractivity contribution in [1.29, 1.82) is 0 Å². The van der Waals surface area contributed by atoms with Crippen LogP contribution in [0.4, 0.5) is 0 Å². The van der Waals surface area contributed by atoms with Crippen LogP contribution in [0.2, 0.25) is 0 Å². The molecular formula is C24H36. The van der Waals surface area contributed by atoms with Crippen molar-refractivity contribution < 1.29 is 0 Å². The molecule has 0 N–H and O–H groups in total. The molecule has 4 saturated carbocycles. The molecule has 0 aromatic heterocycles. The first-order valence-electron chi connectivity index (χ1n) is 10.7. The maximum atomic E-state index is 4.00. The van der Waals surface area contributed by atoms with Crippen LogP contribution < -0.4 is 0 Å². The minimum atomic E-state index is 0.664. The summed E-state index contributed by atoms with van der Waals surface area (Å²) in [6.45, 7) is 2.72. The number of hydrogen-bond donors (Lipinski definition) is 0. The van der Waals surface area contributed by atoms with E-state index in [1.54, 1.807) is 51.4 Å². The lowest BCUT2D eigenvalue weighted by atomic mass is 9.44. The van der Waals surface area contributed by atoms with Gasteiger partial charge in [-0.2, -0.15) is 0 Å². The Hall–Kier alpha value is -0.700. The summed E-state index contributed by atoms with van der Waals surface area (Å²) in [5, 5.41) is 0. The molecule has 0 bridgehead atoms. The first kappa shape index (κ1) is 16.8. The van der Waals surface area contributed by atoms with Gasteiger partial charge in [-0.1, -0.05) is 31.9 Å². The normalized spacial score (nSPS) is 52.0. The molecule has 7 atom stereocenters. The molecule has 132 valence electrons. The largest absolute Gasteiger partial charge is 0.124 e. The van der Waals surface area contributed by atoms with Gasteiger partial charge in [0.05, 0.1) is 0 Å². The van der Waals surface area contributed by atoms with Gasteiger partial charge in [0.2, 0.25) is 0 Å². The van der Waals surface area contributed by atoms with Gasteiger partial charge in [-0.3, -0.25) is 0 Å². The second kappa shape index (κ2) is 6.23. The summed E-state index contributed by atoms with van der Waals surface area (Å²) in [5.41, 5.74) is 1.39. The third-order valence-electron chi connectivity index (χ3n) is 9.45. The summed E-state index contributed by atoms with van der Waals surface area (Å²) in [7, 11) is 0. The molecule has 0 amide bonds. The Bertz CT molecular complexity index is 513. The second-order valence-corrected chi connectivity index (χ2v) is 9.81. The first-order chi connectivity index (χ1) is 11.7. The Morgan fingerprint density at radius 2 is 1.62 bits per heavy atom. The van der Waals surface area contributed by atoms with Crippen LogP contribution in [0.15, 0.2) is 12.2 Å². The van der Waals surface area contributed by atoms with Crippen LogP contribution >= 0.6 is 0 Å². The van der Waals surface area contributed by atoms with Crippen molar-refractivity contribution in [2.24, 2.45) is 40.4 Å². The molecule has 0 heteroatoms. The van der Waals surface area contributed by atoms with Gasteiger partial charge in [-0.05, 0) is 105 Å². The van der Waals surface area contributed by atoms with Crippen LogP contribution in [0.5, 0.6) is 0 Å². The summed E-state index contributed by atoms with van der Waals surface area (Å²) in [5.74, 6) is 5.36. The monoisotopic (exact) mass is 324 g/mol. The third kappa shape index (κ3) is 2.19. The Balaban J connectivity index is 0.000000704. The second-order valence-electron chi connectivity index (χ2n) is 9.81. The standard InChI is InChI=1S/C22H34.C2H2/c1-21-13-4-2-6-16(21)8-10-18-19(21)12-15-22-14-5-3-7-17(22)9-11-20(18)22;1-2/h5,14,16-20H,2-4,6-13,15H2,1H3;1-2H. The number of rotatable bonds is 0. The molecule has 5 aliphatic rings. The van der Waals surface area contributed by atoms with Gasteiger partial charge in [0.15, 0.2) is 0 Å². The summed E-state index contributed by atoms with van der Waals surface area (Å²) in [6, 6.07) is 0. The van der Waals surface area contributed by atoms with E-state index in [1.165, 1.54) is 25.7 Å². The Labute approximate surface area is 149 Å². The van der Waals surface area contributed by atoms with Gasteiger partial charge in [0.25, 0.3) is 0 Å². The molecule has 0 aromatic carbocycles. The fourth-order valence-corrected chi connectivity index (χ4v) is 8.49. The molecule has 4 fully saturated rings. The highest BCUT2D eigenvalue weighted by Gasteiger charge is 2.60. The van der Waals surface area contributed by atoms with Crippen LogP contribution in [0.1, 0.15) is 84.0 Å². The van der Waals surface area contributed by atoms with Gasteiger partial charge in [-0.15, -0.1) is 12.8 Å². The minimum Gasteiger partial charge on any atom is -0.124 e. The Kier molecular flexibility index (Phi) is 4.35. The minimum absolute atomic E-state index is 0.664. The number of fused-ring (bicyclic) bond motifs is 4. The van der Waals surface area contributed by atoms with Crippen molar-refractivity contribution in [2.45, 2.75) is 84.0 Å². The summed E-state index contributed by atoms with van der Waals surface area (Å²) < 4.78 is 0. The molecule has 5 aliphatic carbocycles. The van der Waals surface area contributed by atoms with Gasteiger partial charge in [0.1, 0.15) is 0 Å². The first-order valence-corrected chi connectivity index (χ1v) is 10.7. The third-order valence-corrected chi connectivity index (χ3v) is 9.45. The molecule has 7 unspecified atom stereocenters. The average Bonchev–Trinajstić information content (AvgIpc) is 3.02. The Morgan fingerprint density at radius 1 is 0.792 bits per heavy atom. The fraction of sp³-hybridized carbons (Fsp3) is 0.833. The van der Waals surface area contributed by atoms with Crippen LogP contribution in [0, 0.1) is 53.3 Å². The zero-order valence-electron chi connectivity index (χ0n) is 15.7. The predicted molar refractivity (Wildman–Crippen MR) is 102 cm³/mol. The highest BCUT2D eigenvalue weighted by atomic mass is 14.6. The van der Waals surface area contributed by atoms with E-state index in [0.29, 0.717) is 5.41 Å². The van der Waals surface area contributed by atoms with Crippen LogP contribution in [0.3, 0.4) is 0 Å². The van der Waals surface area contributed by atoms with Gasteiger partial charge in [0, 0.05) is 0 Å². The smallest absolute Gasteiger partial charge is 0.00588 e. The lowest BCUT2D eigenvalue weighted by Crippen LogP contribution is -2.53. The van der Waals surface area contributed by atoms with E-state index in [0.717, 1.165) is 35.0 Å². The molecule has 0 aliphatic heterocycles. The van der Waals surface area contributed by atoms with E-state index in [1.807, 2.05) is 0 Å². The van der Waals surface area contributed by atoms with Crippen LogP contribution in [-0.4, -0.2) is 0 Å². The lowest BCUT2D eigenvalue weighted by molar-refractivity contribution is -0.104. The highest BCUT2D eigenvalue weighted by molar-refractivity contribution is 5.18. The van der Waals surface area contributed by atoms with E-state index in [4.69, 9.17) is 0 Å². The molecule has 0 heterocycles. The molecule has 0 nitrogen and oxygen atoms in total. The molecule has 0 aromatic rings. The summed E-state index contributed by atoms with van der Waals surface area (Å²) >= 11 is 0. The summed E-state index contributed by atoms with van der Waals surface area (Å²) in [4.78, 5) is 0. The molecule has 0 saturated heterocycles. The van der Waals surface area contributed by atoms with E-state index in [9.17, 15) is 0 Å². The van der Waals surface area contributed by atoms with E-state index < -0.39 is 0 Å². The number of allylic oxidation sites excluding steroid dienone is 2. The average molecular weight is 325 g/mol. The van der Waals surface area contributed by atoms with Gasteiger partial charge in [-0.25, -0.2) is 0 Å². The SMILES string of the molecule is C#C.CC12CCCCC1CCC1C2CCC23C=CCCC2CCC13. The van der Waals surface area contributed by atoms with E-state index in [2.05, 4.69) is 31.9 Å². The van der Waals surface area contributed by atoms with E-state index in [-0.39, 0.29) is 0 Å². The molecular weight excluding hydrogens is 288 g/mol. The quantitative estimate of drug-likeness (QED) is 0.347. The summed E-state index contributed by atoms with van der Waals surface area (Å²) in [6.07, 6.45) is 31.7. The highest BCUT2D eigenvalue weighted by Crippen LogP contribution is 2.69. The molecule has 0 radical (unpaired) electrons. The molecule has 5 rings (SSSR count). The molecule has 24 heavy (non-hydrogen) atoms. The van der Waals surface area contributed by atoms with Gasteiger partial charge < -0.3 is 0 Å². The topological polar surface area (TPSA) is 0 Å². The number of terminal acetylenes is 1. The zero-order chi connectivity index (χ0) is 16.8. The van der Waals surface area contributed by atoms with Crippen molar-refractivity contribution in [1.82, 2.24) is 0 Å². The maximum absolute atomic E-state index is 4.00. The fourth-order valence-electron chi connectivity index (χ4n) is 8.49. The van der Waals surface area contributed by atoms with Crippen LogP contribution in [0.25, 0.3) is 0 Å². The zero-order valence-corrected chi connectivity index (χ0v) is 15.7. The number of hydrogen-bond acceptors (Lipinski definition) is 0. The Morgan fingerprint density at radius 3 is 2.50 bits per heavy atom. The van der Waals surface area contributed by atoms with Crippen molar-refractivity contribution in [2.75, 3.05) is 0 Å². The predicted octanol–water partition coefficient (Wildman–Crippen LogP) is 6.61.